The smallest absolute Gasteiger partial charge is 0.414 e. The average Bonchev–Trinajstić information content (AvgIpc) is 3.68. The molecule has 0 spiro atoms. The van der Waals surface area contributed by atoms with Crippen LogP contribution >= 0.6 is 0 Å². The van der Waals surface area contributed by atoms with Gasteiger partial charge < -0.3 is 23.8 Å². The van der Waals surface area contributed by atoms with Crippen molar-refractivity contribution in [1.29, 1.82) is 0 Å². The van der Waals surface area contributed by atoms with E-state index in [0.717, 1.165) is 0 Å². The van der Waals surface area contributed by atoms with E-state index < -0.39 is 18.0 Å². The van der Waals surface area contributed by atoms with Crippen molar-refractivity contribution in [1.82, 2.24) is 20.0 Å². The van der Waals surface area contributed by atoms with Crippen LogP contribution in [0.5, 0.6) is 0 Å². The molecule has 1 aromatic carbocycles. The number of benzene rings is 1. The molecule has 200 valence electrons. The number of carbonyl (C=O) groups is 1. The molecule has 0 bridgehead atoms. The molecule has 0 saturated carbocycles. The number of carbonyl (C=O) groups excluding carboxylic acids is 1. The lowest BCUT2D eigenvalue weighted by atomic mass is 10.0. The van der Waals surface area contributed by atoms with Crippen LogP contribution in [-0.2, 0) is 30.3 Å². The van der Waals surface area contributed by atoms with Crippen LogP contribution < -0.4 is 4.90 Å². The molecular weight excluding hydrogens is 499 g/mol. The minimum atomic E-state index is -0.532. The standard InChI is InChI=1S/C25H27FN6O6/c1-34-8-9-35-16-36-15-19-11-24(29-38-19)23-5-2-17(12-27-23)21-4-3-18(10-22(21)26)32-14-20(37-25(32)33)13-31-7-6-28-30-31/h2-7,10,12,19-20H,8-9,11,13-16H2,1H3/t19-,20-/m0/s1. The zero-order valence-corrected chi connectivity index (χ0v) is 20.7. The summed E-state index contributed by atoms with van der Waals surface area (Å²) in [5, 5.41) is 11.7. The Morgan fingerprint density at radius 1 is 1.16 bits per heavy atom. The highest BCUT2D eigenvalue weighted by molar-refractivity contribution is 5.99. The third-order valence-corrected chi connectivity index (χ3v) is 6.01. The summed E-state index contributed by atoms with van der Waals surface area (Å²) in [5.41, 5.74) is 2.70. The largest absolute Gasteiger partial charge is 0.442 e. The Kier molecular flexibility index (Phi) is 8.16. The van der Waals surface area contributed by atoms with Crippen LogP contribution in [0.15, 0.2) is 54.1 Å². The molecule has 2 aliphatic rings. The predicted octanol–water partition coefficient (Wildman–Crippen LogP) is 2.63. The topological polar surface area (TPSA) is 122 Å². The first kappa shape index (κ1) is 25.7. The van der Waals surface area contributed by atoms with Gasteiger partial charge in [0.1, 0.15) is 24.4 Å². The maximum atomic E-state index is 15.1. The SMILES string of the molecule is COCCOCOC[C@@H]1CC(c2ccc(-c3ccc(N4C[C@H](Cn5ccnn5)OC4=O)cc3F)cn2)=NO1. The van der Waals surface area contributed by atoms with Gasteiger partial charge in [-0.3, -0.25) is 9.88 Å². The Balaban J connectivity index is 1.16. The first-order valence-corrected chi connectivity index (χ1v) is 12.1. The zero-order chi connectivity index (χ0) is 26.3. The van der Waals surface area contributed by atoms with Gasteiger partial charge in [-0.1, -0.05) is 16.4 Å². The number of pyridine rings is 1. The summed E-state index contributed by atoms with van der Waals surface area (Å²) >= 11 is 0. The average molecular weight is 527 g/mol. The van der Waals surface area contributed by atoms with Crippen molar-refractivity contribution < 1.29 is 33.0 Å². The molecule has 2 aliphatic heterocycles. The van der Waals surface area contributed by atoms with Gasteiger partial charge in [-0.05, 0) is 24.3 Å². The van der Waals surface area contributed by atoms with Crippen molar-refractivity contribution in [3.8, 4) is 11.1 Å². The molecular formula is C25H27FN6O6. The number of oxime groups is 1. The van der Waals surface area contributed by atoms with E-state index in [0.29, 0.717) is 61.0 Å². The van der Waals surface area contributed by atoms with E-state index in [1.165, 1.54) is 11.0 Å². The quantitative estimate of drug-likeness (QED) is 0.259. The van der Waals surface area contributed by atoms with Crippen LogP contribution in [0.4, 0.5) is 14.9 Å². The van der Waals surface area contributed by atoms with Gasteiger partial charge in [0.15, 0.2) is 6.10 Å². The zero-order valence-electron chi connectivity index (χ0n) is 20.7. The summed E-state index contributed by atoms with van der Waals surface area (Å²) in [7, 11) is 1.61. The summed E-state index contributed by atoms with van der Waals surface area (Å²) in [6.45, 7) is 2.10. The van der Waals surface area contributed by atoms with E-state index >= 15 is 4.39 Å². The minimum Gasteiger partial charge on any atom is -0.442 e. The number of halogens is 1. The highest BCUT2D eigenvalue weighted by Gasteiger charge is 2.33. The van der Waals surface area contributed by atoms with Crippen LogP contribution in [0.2, 0.25) is 0 Å². The number of aromatic nitrogens is 4. The number of hydrogen-bond donors (Lipinski definition) is 0. The van der Waals surface area contributed by atoms with E-state index in [-0.39, 0.29) is 19.4 Å². The second-order valence-electron chi connectivity index (χ2n) is 8.70. The normalized spacial score (nSPS) is 18.9. The van der Waals surface area contributed by atoms with E-state index in [1.54, 1.807) is 54.6 Å². The van der Waals surface area contributed by atoms with Gasteiger partial charge in [-0.2, -0.15) is 0 Å². The van der Waals surface area contributed by atoms with Gasteiger partial charge in [0.2, 0.25) is 0 Å². The van der Waals surface area contributed by atoms with Gasteiger partial charge in [0.05, 0.1) is 50.5 Å². The number of amides is 1. The molecule has 3 aromatic rings. The lowest BCUT2D eigenvalue weighted by molar-refractivity contribution is -0.0932. The molecule has 2 atom stereocenters. The van der Waals surface area contributed by atoms with Crippen LogP contribution in [0.3, 0.4) is 0 Å². The number of nitrogens with zero attached hydrogens (tertiary/aromatic N) is 6. The van der Waals surface area contributed by atoms with Crippen LogP contribution in [0.25, 0.3) is 11.1 Å². The maximum absolute atomic E-state index is 15.1. The number of cyclic esters (lactones) is 1. The molecule has 0 radical (unpaired) electrons. The Labute approximate surface area is 217 Å². The lowest BCUT2D eigenvalue weighted by Gasteiger charge is -2.14. The molecule has 1 fully saturated rings. The summed E-state index contributed by atoms with van der Waals surface area (Å²) in [6.07, 6.45) is 4.19. The molecule has 0 N–H and O–H groups in total. The highest BCUT2D eigenvalue weighted by Crippen LogP contribution is 2.29. The maximum Gasteiger partial charge on any atom is 0.414 e. The Hall–Kier alpha value is -3.94. The van der Waals surface area contributed by atoms with Crippen molar-refractivity contribution in [2.24, 2.45) is 5.16 Å². The van der Waals surface area contributed by atoms with Crippen molar-refractivity contribution in [2.45, 2.75) is 25.2 Å². The van der Waals surface area contributed by atoms with Crippen molar-refractivity contribution in [3.63, 3.8) is 0 Å². The molecule has 13 heteroatoms. The molecule has 5 rings (SSSR count). The van der Waals surface area contributed by atoms with Gasteiger partial charge in [-0.25, -0.2) is 13.9 Å². The summed E-state index contributed by atoms with van der Waals surface area (Å²) < 4.78 is 37.7. The fourth-order valence-electron chi connectivity index (χ4n) is 4.10. The molecule has 38 heavy (non-hydrogen) atoms. The Morgan fingerprint density at radius 3 is 2.84 bits per heavy atom. The molecule has 0 unspecified atom stereocenters. The van der Waals surface area contributed by atoms with E-state index in [4.69, 9.17) is 23.8 Å². The lowest BCUT2D eigenvalue weighted by Crippen LogP contribution is -2.26. The number of anilines is 1. The fourth-order valence-corrected chi connectivity index (χ4v) is 4.10. The van der Waals surface area contributed by atoms with Crippen molar-refractivity contribution in [2.75, 3.05) is 45.2 Å². The first-order valence-electron chi connectivity index (χ1n) is 12.1. The first-order chi connectivity index (χ1) is 18.6. The molecule has 1 saturated heterocycles. The fraction of sp³-hybridized carbons (Fsp3) is 0.400. The van der Waals surface area contributed by atoms with Gasteiger partial charge in [-0.15, -0.1) is 5.10 Å². The van der Waals surface area contributed by atoms with Gasteiger partial charge in [0, 0.05) is 37.1 Å². The molecule has 4 heterocycles. The highest BCUT2D eigenvalue weighted by atomic mass is 19.1. The predicted molar refractivity (Wildman–Crippen MR) is 132 cm³/mol. The van der Waals surface area contributed by atoms with Crippen LogP contribution in [0.1, 0.15) is 12.1 Å². The molecule has 12 nitrogen and oxygen atoms in total. The summed E-state index contributed by atoms with van der Waals surface area (Å²) in [5.74, 6) is -0.476. The molecule has 2 aromatic heterocycles. The number of rotatable bonds is 12. The summed E-state index contributed by atoms with van der Waals surface area (Å²) in [6, 6.07) is 8.17. The second-order valence-corrected chi connectivity index (χ2v) is 8.70. The van der Waals surface area contributed by atoms with Crippen molar-refractivity contribution in [3.05, 3.63) is 60.4 Å². The Bertz CT molecular complexity index is 1260. The van der Waals surface area contributed by atoms with Crippen LogP contribution in [-0.4, -0.2) is 84.3 Å². The monoisotopic (exact) mass is 526 g/mol. The third-order valence-electron chi connectivity index (χ3n) is 6.01. The molecule has 1 amide bonds. The number of methoxy groups -OCH3 is 1. The van der Waals surface area contributed by atoms with E-state index in [9.17, 15) is 4.79 Å². The van der Waals surface area contributed by atoms with Gasteiger partial charge >= 0.3 is 6.09 Å². The number of ether oxygens (including phenoxy) is 4. The Morgan fingerprint density at radius 2 is 2.08 bits per heavy atom. The van der Waals surface area contributed by atoms with E-state index in [2.05, 4.69) is 20.5 Å². The van der Waals surface area contributed by atoms with E-state index in [1.807, 2.05) is 0 Å². The summed E-state index contributed by atoms with van der Waals surface area (Å²) in [4.78, 5) is 23.6. The number of hydrogen-bond acceptors (Lipinski definition) is 10. The minimum absolute atomic E-state index is 0.151. The van der Waals surface area contributed by atoms with Crippen molar-refractivity contribution >= 4 is 17.5 Å². The molecule has 0 aliphatic carbocycles. The second kappa shape index (κ2) is 12.1. The third kappa shape index (κ3) is 6.13. The van der Waals surface area contributed by atoms with Crippen LogP contribution in [0, 0.1) is 5.82 Å². The van der Waals surface area contributed by atoms with Gasteiger partial charge in [0.25, 0.3) is 0 Å².